The van der Waals surface area contributed by atoms with Crippen molar-refractivity contribution in [1.82, 2.24) is 4.98 Å². The highest BCUT2D eigenvalue weighted by Crippen LogP contribution is 2.25. The fraction of sp³-hybridized carbons (Fsp3) is 0.211. The van der Waals surface area contributed by atoms with E-state index >= 15 is 0 Å². The van der Waals surface area contributed by atoms with Crippen molar-refractivity contribution in [1.29, 1.82) is 0 Å². The van der Waals surface area contributed by atoms with Gasteiger partial charge in [-0.3, -0.25) is 0 Å². The van der Waals surface area contributed by atoms with E-state index in [4.69, 9.17) is 4.98 Å². The van der Waals surface area contributed by atoms with E-state index in [9.17, 15) is 0 Å². The number of pyridine rings is 1. The smallest absolute Gasteiger partial charge is 0.0714 e. The lowest BCUT2D eigenvalue weighted by Gasteiger charge is -2.08. The summed E-state index contributed by atoms with van der Waals surface area (Å²) in [5.41, 5.74) is 8.45. The van der Waals surface area contributed by atoms with Crippen LogP contribution in [0.25, 0.3) is 22.2 Å². The second-order valence-electron chi connectivity index (χ2n) is 5.72. The van der Waals surface area contributed by atoms with Crippen molar-refractivity contribution in [3.63, 3.8) is 0 Å². The zero-order chi connectivity index (χ0) is 14.3. The third-order valence-electron chi connectivity index (χ3n) is 3.68. The number of aromatic nitrogens is 1. The molecule has 0 saturated carbocycles. The summed E-state index contributed by atoms with van der Waals surface area (Å²) in [5, 5.41) is 1.24. The van der Waals surface area contributed by atoms with Crippen molar-refractivity contribution < 1.29 is 0 Å². The minimum atomic E-state index is 1.05. The second-order valence-corrected chi connectivity index (χ2v) is 5.72. The Morgan fingerprint density at radius 3 is 2.05 bits per heavy atom. The van der Waals surface area contributed by atoms with Crippen LogP contribution in [0.4, 0.5) is 0 Å². The van der Waals surface area contributed by atoms with Gasteiger partial charge in [-0.05, 0) is 63.1 Å². The Kier molecular flexibility index (Phi) is 3.06. The van der Waals surface area contributed by atoms with Crippen LogP contribution in [0.3, 0.4) is 0 Å². The summed E-state index contributed by atoms with van der Waals surface area (Å²) in [6, 6.07) is 15.3. The molecule has 0 atom stereocenters. The molecule has 3 aromatic rings. The molecule has 1 aromatic heterocycles. The van der Waals surface area contributed by atoms with Crippen molar-refractivity contribution in [3.05, 3.63) is 64.7 Å². The molecule has 1 heterocycles. The molecule has 1 nitrogen and oxygen atoms in total. The number of hydrogen-bond acceptors (Lipinski definition) is 1. The molecular formula is C19H19N. The standard InChI is InChI=1S/C19H19N/c1-12-7-13(2)10-16(9-12)18-6-5-17-15(4)8-14(3)11-19(17)20-18/h5-11H,1-4H3. The molecule has 0 radical (unpaired) electrons. The van der Waals surface area contributed by atoms with Gasteiger partial charge >= 0.3 is 0 Å². The lowest BCUT2D eigenvalue weighted by atomic mass is 10.0. The van der Waals surface area contributed by atoms with E-state index in [-0.39, 0.29) is 0 Å². The van der Waals surface area contributed by atoms with E-state index in [2.05, 4.69) is 70.2 Å². The van der Waals surface area contributed by atoms with Gasteiger partial charge in [0, 0.05) is 10.9 Å². The molecule has 0 aliphatic carbocycles. The number of benzene rings is 2. The monoisotopic (exact) mass is 261 g/mol. The number of rotatable bonds is 1. The Labute approximate surface area is 120 Å². The van der Waals surface area contributed by atoms with Crippen LogP contribution >= 0.6 is 0 Å². The van der Waals surface area contributed by atoms with Crippen molar-refractivity contribution >= 4 is 10.9 Å². The van der Waals surface area contributed by atoms with Crippen LogP contribution in [-0.4, -0.2) is 4.98 Å². The molecule has 0 spiro atoms. The number of aryl methyl sites for hydroxylation is 4. The fourth-order valence-electron chi connectivity index (χ4n) is 2.88. The van der Waals surface area contributed by atoms with Gasteiger partial charge in [0.25, 0.3) is 0 Å². The Balaban J connectivity index is 2.22. The van der Waals surface area contributed by atoms with Crippen LogP contribution in [0.15, 0.2) is 42.5 Å². The SMILES string of the molecule is Cc1cc(C)cc(-c2ccc3c(C)cc(C)cc3n2)c1. The normalized spacial score (nSPS) is 11.0. The molecule has 0 saturated heterocycles. The minimum Gasteiger partial charge on any atom is -0.248 e. The van der Waals surface area contributed by atoms with Crippen molar-refractivity contribution in [3.8, 4) is 11.3 Å². The number of hydrogen-bond donors (Lipinski definition) is 0. The van der Waals surface area contributed by atoms with Crippen LogP contribution < -0.4 is 0 Å². The van der Waals surface area contributed by atoms with E-state index in [1.807, 2.05) is 0 Å². The largest absolute Gasteiger partial charge is 0.248 e. The summed E-state index contributed by atoms with van der Waals surface area (Å²) in [6.45, 7) is 8.53. The molecule has 0 bridgehead atoms. The van der Waals surface area contributed by atoms with Gasteiger partial charge in [0.2, 0.25) is 0 Å². The van der Waals surface area contributed by atoms with Gasteiger partial charge < -0.3 is 0 Å². The third kappa shape index (κ3) is 2.32. The summed E-state index contributed by atoms with van der Waals surface area (Å²) < 4.78 is 0. The molecule has 20 heavy (non-hydrogen) atoms. The van der Waals surface area contributed by atoms with E-state index in [1.54, 1.807) is 0 Å². The van der Waals surface area contributed by atoms with Gasteiger partial charge in [0.05, 0.1) is 11.2 Å². The minimum absolute atomic E-state index is 1.05. The molecular weight excluding hydrogens is 242 g/mol. The van der Waals surface area contributed by atoms with Crippen LogP contribution in [-0.2, 0) is 0 Å². The first kappa shape index (κ1) is 12.9. The van der Waals surface area contributed by atoms with Crippen LogP contribution in [0.2, 0.25) is 0 Å². The average Bonchev–Trinajstić information content (AvgIpc) is 2.36. The number of fused-ring (bicyclic) bond motifs is 1. The Morgan fingerprint density at radius 2 is 1.35 bits per heavy atom. The topological polar surface area (TPSA) is 12.9 Å². The zero-order valence-corrected chi connectivity index (χ0v) is 12.5. The average molecular weight is 261 g/mol. The highest BCUT2D eigenvalue weighted by atomic mass is 14.7. The number of nitrogens with zero attached hydrogens (tertiary/aromatic N) is 1. The molecule has 2 aromatic carbocycles. The highest BCUT2D eigenvalue weighted by Gasteiger charge is 2.05. The Morgan fingerprint density at radius 1 is 0.700 bits per heavy atom. The van der Waals surface area contributed by atoms with Gasteiger partial charge in [0.1, 0.15) is 0 Å². The van der Waals surface area contributed by atoms with Gasteiger partial charge in [0.15, 0.2) is 0 Å². The molecule has 0 N–H and O–H groups in total. The molecule has 0 fully saturated rings. The second kappa shape index (κ2) is 4.75. The molecule has 0 aliphatic heterocycles. The molecule has 3 rings (SSSR count). The van der Waals surface area contributed by atoms with E-state index in [1.165, 1.54) is 33.2 Å². The third-order valence-corrected chi connectivity index (χ3v) is 3.68. The summed E-state index contributed by atoms with van der Waals surface area (Å²) >= 11 is 0. The molecule has 0 aliphatic rings. The first-order valence-corrected chi connectivity index (χ1v) is 6.99. The maximum atomic E-state index is 4.85. The maximum Gasteiger partial charge on any atom is 0.0714 e. The van der Waals surface area contributed by atoms with Crippen molar-refractivity contribution in [2.45, 2.75) is 27.7 Å². The molecule has 1 heteroatoms. The first-order valence-electron chi connectivity index (χ1n) is 6.99. The van der Waals surface area contributed by atoms with Gasteiger partial charge in [-0.2, -0.15) is 0 Å². The van der Waals surface area contributed by atoms with Crippen LogP contribution in [0.5, 0.6) is 0 Å². The van der Waals surface area contributed by atoms with Gasteiger partial charge in [-0.15, -0.1) is 0 Å². The fourth-order valence-corrected chi connectivity index (χ4v) is 2.88. The molecule has 0 unspecified atom stereocenters. The first-order chi connectivity index (χ1) is 9.52. The van der Waals surface area contributed by atoms with Crippen molar-refractivity contribution in [2.75, 3.05) is 0 Å². The summed E-state index contributed by atoms with van der Waals surface area (Å²) in [7, 11) is 0. The Bertz CT molecular complexity index is 780. The van der Waals surface area contributed by atoms with Crippen molar-refractivity contribution in [2.24, 2.45) is 0 Å². The molecule has 100 valence electrons. The van der Waals surface area contributed by atoms with Gasteiger partial charge in [-0.25, -0.2) is 4.98 Å². The predicted molar refractivity (Wildman–Crippen MR) is 86.1 cm³/mol. The van der Waals surface area contributed by atoms with E-state index in [0.29, 0.717) is 0 Å². The summed E-state index contributed by atoms with van der Waals surface area (Å²) in [5.74, 6) is 0. The lowest BCUT2D eigenvalue weighted by Crippen LogP contribution is -1.90. The van der Waals surface area contributed by atoms with Crippen LogP contribution in [0.1, 0.15) is 22.3 Å². The lowest BCUT2D eigenvalue weighted by molar-refractivity contribution is 1.33. The van der Waals surface area contributed by atoms with E-state index in [0.717, 1.165) is 11.2 Å². The maximum absolute atomic E-state index is 4.85. The van der Waals surface area contributed by atoms with Crippen LogP contribution in [0, 0.1) is 27.7 Å². The zero-order valence-electron chi connectivity index (χ0n) is 12.5. The van der Waals surface area contributed by atoms with Gasteiger partial charge in [-0.1, -0.05) is 29.3 Å². The Hall–Kier alpha value is -2.15. The quantitative estimate of drug-likeness (QED) is 0.591. The summed E-state index contributed by atoms with van der Waals surface area (Å²) in [4.78, 5) is 4.85. The highest BCUT2D eigenvalue weighted by molar-refractivity contribution is 5.85. The van der Waals surface area contributed by atoms with E-state index < -0.39 is 0 Å². The molecule has 0 amide bonds. The summed E-state index contributed by atoms with van der Waals surface area (Å²) in [6.07, 6.45) is 0. The predicted octanol–water partition coefficient (Wildman–Crippen LogP) is 5.14.